The third kappa shape index (κ3) is 4.05. The van der Waals surface area contributed by atoms with E-state index >= 15 is 0 Å². The molecule has 0 aliphatic rings. The predicted octanol–water partition coefficient (Wildman–Crippen LogP) is 2.35. The van der Waals surface area contributed by atoms with Gasteiger partial charge in [0.15, 0.2) is 0 Å². The molecule has 0 radical (unpaired) electrons. The number of Topliss-reactive ketones (excluding diaryl/α,β-unsaturated/α-hetero) is 1. The number of carbonyl (C=O) groups excluding carboxylic acids is 2. The Morgan fingerprint density at radius 2 is 1.25 bits per heavy atom. The molecule has 0 aliphatic heterocycles. The summed E-state index contributed by atoms with van der Waals surface area (Å²) >= 11 is 9.05. The van der Waals surface area contributed by atoms with E-state index in [1.165, 1.54) is 0 Å². The number of halogens is 8. The van der Waals surface area contributed by atoms with Crippen molar-refractivity contribution in [1.82, 2.24) is 0 Å². The fourth-order valence-electron chi connectivity index (χ4n) is 0.386. The number of esters is 1. The lowest BCUT2D eigenvalue weighted by atomic mass is 10.4. The minimum absolute atomic E-state index is 2.99. The van der Waals surface area contributed by atoms with Crippen molar-refractivity contribution in [2.75, 3.05) is 0 Å². The first kappa shape index (κ1) is 15.3. The van der Waals surface area contributed by atoms with Crippen molar-refractivity contribution in [1.29, 1.82) is 0 Å². The summed E-state index contributed by atoms with van der Waals surface area (Å²) in [5.41, 5.74) is 0. The van der Waals surface area contributed by atoms with E-state index in [0.29, 0.717) is 0 Å². The number of rotatable bonds is 2. The third-order valence-electron chi connectivity index (χ3n) is 0.974. The quantitative estimate of drug-likeness (QED) is 0.446. The van der Waals surface area contributed by atoms with E-state index in [-0.39, 0.29) is 0 Å². The van der Waals surface area contributed by atoms with Gasteiger partial charge in [0.1, 0.15) is 0 Å². The molecule has 0 heterocycles. The predicted molar refractivity (Wildman–Crippen MR) is 37.6 cm³/mol. The van der Waals surface area contributed by atoms with Crippen molar-refractivity contribution in [2.45, 2.75) is 16.9 Å². The van der Waals surface area contributed by atoms with Crippen molar-refractivity contribution in [2.24, 2.45) is 0 Å². The average Bonchev–Trinajstić information content (AvgIpc) is 1.98. The number of ketones is 1. The van der Waals surface area contributed by atoms with Crippen LogP contribution in [0.5, 0.6) is 0 Å². The summed E-state index contributed by atoms with van der Waals surface area (Å²) < 4.78 is 68.8. The van der Waals surface area contributed by atoms with Gasteiger partial charge in [0.25, 0.3) is 0 Å². The summed E-state index contributed by atoms with van der Waals surface area (Å²) in [4.78, 5) is 20.4. The molecule has 0 amide bonds. The van der Waals surface area contributed by atoms with Gasteiger partial charge in [0.2, 0.25) is 0 Å². The smallest absolute Gasteiger partial charge is 0.414 e. The molecule has 0 spiro atoms. The van der Waals surface area contributed by atoms with Crippen molar-refractivity contribution in [3.63, 3.8) is 0 Å². The molecule has 0 rings (SSSR count). The van der Waals surface area contributed by atoms with Crippen molar-refractivity contribution >= 4 is 35.0 Å². The van der Waals surface area contributed by atoms with Crippen LogP contribution in [0.1, 0.15) is 0 Å². The van der Waals surface area contributed by atoms with E-state index in [4.69, 9.17) is 0 Å². The maximum atomic E-state index is 11.7. The van der Waals surface area contributed by atoms with Gasteiger partial charge >= 0.3 is 28.6 Å². The van der Waals surface area contributed by atoms with Crippen molar-refractivity contribution in [3.8, 4) is 0 Å². The molecule has 0 aromatic heterocycles. The number of alkyl halides is 8. The minimum atomic E-state index is -5.64. The van der Waals surface area contributed by atoms with Crippen LogP contribution in [0.15, 0.2) is 0 Å². The Labute approximate surface area is 93.2 Å². The first-order valence-corrected chi connectivity index (χ1v) is 3.83. The highest BCUT2D eigenvalue weighted by Gasteiger charge is 2.57. The molecular formula is C5Cl2F6O3. The topological polar surface area (TPSA) is 43.4 Å². The zero-order valence-corrected chi connectivity index (χ0v) is 8.26. The zero-order chi connectivity index (χ0) is 13.4. The summed E-state index contributed by atoms with van der Waals surface area (Å²) in [6.45, 7) is 0. The van der Waals surface area contributed by atoms with Crippen LogP contribution < -0.4 is 0 Å². The first-order chi connectivity index (χ1) is 6.78. The van der Waals surface area contributed by atoms with E-state index < -0.39 is 28.6 Å². The second-order valence-electron chi connectivity index (χ2n) is 2.23. The molecule has 0 N–H and O–H groups in total. The molecule has 0 unspecified atom stereocenters. The summed E-state index contributed by atoms with van der Waals surface area (Å²) in [6, 6.07) is 0. The lowest BCUT2D eigenvalue weighted by Crippen LogP contribution is -2.44. The normalized spacial score (nSPS) is 13.5. The Bertz CT molecular complexity index is 306. The molecule has 0 saturated carbocycles. The number of hydrogen-bond acceptors (Lipinski definition) is 3. The van der Waals surface area contributed by atoms with E-state index in [1.54, 1.807) is 0 Å². The van der Waals surface area contributed by atoms with E-state index in [2.05, 4.69) is 27.9 Å². The van der Waals surface area contributed by atoms with Gasteiger partial charge in [0.05, 0.1) is 0 Å². The summed E-state index contributed by atoms with van der Waals surface area (Å²) in [7, 11) is 0. The van der Waals surface area contributed by atoms with Crippen LogP contribution in [0.4, 0.5) is 26.3 Å². The van der Waals surface area contributed by atoms with E-state index in [0.717, 1.165) is 0 Å². The zero-order valence-electron chi connectivity index (χ0n) is 6.75. The average molecular weight is 293 g/mol. The van der Waals surface area contributed by atoms with Gasteiger partial charge < -0.3 is 4.74 Å². The Balaban J connectivity index is 4.85. The first-order valence-electron chi connectivity index (χ1n) is 3.08. The Kier molecular flexibility index (Phi) is 4.10. The van der Waals surface area contributed by atoms with Gasteiger partial charge in [0, 0.05) is 0 Å². The Morgan fingerprint density at radius 1 is 0.875 bits per heavy atom. The largest absolute Gasteiger partial charge is 0.491 e. The lowest BCUT2D eigenvalue weighted by molar-refractivity contribution is -0.209. The maximum Gasteiger partial charge on any atom is 0.491 e. The van der Waals surface area contributed by atoms with Crippen LogP contribution in [0.2, 0.25) is 0 Å². The van der Waals surface area contributed by atoms with Crippen LogP contribution in [0.3, 0.4) is 0 Å². The highest BCUT2D eigenvalue weighted by Crippen LogP contribution is 2.34. The van der Waals surface area contributed by atoms with Crippen LogP contribution in [-0.2, 0) is 14.3 Å². The van der Waals surface area contributed by atoms with Crippen molar-refractivity contribution in [3.05, 3.63) is 0 Å². The maximum absolute atomic E-state index is 11.7. The van der Waals surface area contributed by atoms with Gasteiger partial charge in [-0.1, -0.05) is 0 Å². The van der Waals surface area contributed by atoms with E-state index in [1.807, 2.05) is 0 Å². The summed E-state index contributed by atoms with van der Waals surface area (Å²) in [6.07, 6.45) is -11.3. The van der Waals surface area contributed by atoms with E-state index in [9.17, 15) is 35.9 Å². The molecule has 0 aromatic carbocycles. The monoisotopic (exact) mass is 292 g/mol. The molecule has 0 bridgehead atoms. The van der Waals surface area contributed by atoms with Gasteiger partial charge in [-0.15, -0.1) is 0 Å². The fraction of sp³-hybridized carbons (Fsp3) is 0.600. The van der Waals surface area contributed by atoms with Crippen molar-refractivity contribution < 1.29 is 40.7 Å². The molecule has 0 fully saturated rings. The number of ether oxygens (including phenoxy) is 1. The summed E-state index contributed by atoms with van der Waals surface area (Å²) in [5.74, 6) is -6.16. The lowest BCUT2D eigenvalue weighted by Gasteiger charge is -2.20. The van der Waals surface area contributed by atoms with Gasteiger partial charge in [-0.3, -0.25) is 4.79 Å². The molecule has 0 atom stereocenters. The van der Waals surface area contributed by atoms with Gasteiger partial charge in [-0.05, 0) is 23.2 Å². The van der Waals surface area contributed by atoms with Gasteiger partial charge in [-0.2, -0.15) is 26.3 Å². The second kappa shape index (κ2) is 4.28. The van der Waals surface area contributed by atoms with Crippen LogP contribution in [-0.4, -0.2) is 28.6 Å². The third-order valence-corrected chi connectivity index (χ3v) is 1.47. The van der Waals surface area contributed by atoms with Gasteiger partial charge in [-0.25, -0.2) is 4.79 Å². The molecule has 16 heavy (non-hydrogen) atoms. The highest BCUT2D eigenvalue weighted by molar-refractivity contribution is 6.58. The minimum Gasteiger partial charge on any atom is -0.414 e. The molecule has 0 aromatic rings. The van der Waals surface area contributed by atoms with Crippen LogP contribution in [0.25, 0.3) is 0 Å². The molecule has 94 valence electrons. The highest BCUT2D eigenvalue weighted by atomic mass is 35.5. The Hall–Kier alpha value is -0.700. The van der Waals surface area contributed by atoms with Crippen LogP contribution >= 0.6 is 23.2 Å². The van der Waals surface area contributed by atoms with Crippen LogP contribution in [0, 0.1) is 0 Å². The fourth-order valence-corrected chi connectivity index (χ4v) is 0.740. The second-order valence-corrected chi connectivity index (χ2v) is 3.49. The number of carbonyl (C=O) groups is 2. The SMILES string of the molecule is O=C(OC(Cl)(Cl)C(=O)C(F)(F)F)C(F)(F)F. The molecule has 3 nitrogen and oxygen atoms in total. The number of hydrogen-bond donors (Lipinski definition) is 0. The standard InChI is InChI=1S/C5Cl2F6O3/c6-3(7,1(14)4(8,9)10)16-2(15)5(11,12)13. The summed E-state index contributed by atoms with van der Waals surface area (Å²) in [5, 5.41) is 0. The Morgan fingerprint density at radius 3 is 1.50 bits per heavy atom. The molecule has 0 saturated heterocycles. The molecule has 11 heteroatoms. The molecular weight excluding hydrogens is 293 g/mol. The molecule has 0 aliphatic carbocycles.